The van der Waals surface area contributed by atoms with Gasteiger partial charge in [-0.3, -0.25) is 14.9 Å². The van der Waals surface area contributed by atoms with Crippen LogP contribution in [0.3, 0.4) is 0 Å². The minimum absolute atomic E-state index is 0.0000715. The minimum atomic E-state index is -3.70. The van der Waals surface area contributed by atoms with Crippen LogP contribution in [0.2, 0.25) is 0 Å². The number of nitrogens with one attached hydrogen (secondary N) is 1. The van der Waals surface area contributed by atoms with E-state index in [9.17, 15) is 18.4 Å². The fourth-order valence-electron chi connectivity index (χ4n) is 4.50. The highest BCUT2D eigenvalue weighted by molar-refractivity contribution is 5.97. The zero-order valence-corrected chi connectivity index (χ0v) is 18.7. The molecule has 0 atom stereocenters. The number of hydrogen-bond donors (Lipinski definition) is 1. The number of fused-ring (bicyclic) bond motifs is 1. The molecule has 0 bridgehead atoms. The Morgan fingerprint density at radius 3 is 2.54 bits per heavy atom. The van der Waals surface area contributed by atoms with Gasteiger partial charge in [0.25, 0.3) is 5.91 Å². The molecule has 1 aliphatic heterocycles. The van der Waals surface area contributed by atoms with Crippen LogP contribution in [0.4, 0.5) is 8.78 Å². The first-order valence-corrected chi connectivity index (χ1v) is 11.0. The number of rotatable bonds is 6. The van der Waals surface area contributed by atoms with Gasteiger partial charge in [0, 0.05) is 12.0 Å². The van der Waals surface area contributed by atoms with Gasteiger partial charge in [-0.15, -0.1) is 8.78 Å². The van der Waals surface area contributed by atoms with Crippen LogP contribution in [0.25, 0.3) is 11.1 Å². The zero-order chi connectivity index (χ0) is 24.8. The lowest BCUT2D eigenvalue weighted by molar-refractivity contribution is -0.286. The molecule has 0 spiro atoms. The second-order valence-electron chi connectivity index (χ2n) is 8.81. The average molecular weight is 474 g/mol. The van der Waals surface area contributed by atoms with E-state index in [-0.39, 0.29) is 23.7 Å². The van der Waals surface area contributed by atoms with Crippen molar-refractivity contribution in [2.24, 2.45) is 0 Å². The summed E-state index contributed by atoms with van der Waals surface area (Å²) in [6, 6.07) is 17.2. The van der Waals surface area contributed by atoms with E-state index >= 15 is 0 Å². The van der Waals surface area contributed by atoms with Crippen molar-refractivity contribution < 1.29 is 27.8 Å². The molecule has 1 amide bonds. The van der Waals surface area contributed by atoms with Crippen LogP contribution in [0.5, 0.6) is 11.5 Å². The van der Waals surface area contributed by atoms with Crippen LogP contribution in [0.1, 0.15) is 39.9 Å². The van der Waals surface area contributed by atoms with Gasteiger partial charge >= 0.3 is 6.29 Å². The van der Waals surface area contributed by atoms with E-state index in [0.717, 1.165) is 22.3 Å². The molecular formula is C27H20F2N2O4. The number of ether oxygens (including phenoxy) is 2. The van der Waals surface area contributed by atoms with Crippen molar-refractivity contribution in [2.75, 3.05) is 0 Å². The topological polar surface area (TPSA) is 88.4 Å². The van der Waals surface area contributed by atoms with E-state index in [0.29, 0.717) is 24.0 Å². The van der Waals surface area contributed by atoms with Crippen molar-refractivity contribution in [3.8, 4) is 28.8 Å². The first-order chi connectivity index (χ1) is 16.7. The summed E-state index contributed by atoms with van der Waals surface area (Å²) in [5.41, 5.74) is 3.72. The van der Waals surface area contributed by atoms with E-state index in [1.165, 1.54) is 12.1 Å². The zero-order valence-electron chi connectivity index (χ0n) is 18.7. The predicted molar refractivity (Wildman–Crippen MR) is 122 cm³/mol. The van der Waals surface area contributed by atoms with Crippen LogP contribution in [-0.4, -0.2) is 18.0 Å². The molecule has 2 aliphatic rings. The minimum Gasteiger partial charge on any atom is -0.395 e. The van der Waals surface area contributed by atoms with E-state index in [1.807, 2.05) is 31.2 Å². The number of nitrogens with zero attached hydrogens (tertiary/aromatic N) is 1. The molecule has 0 radical (unpaired) electrons. The van der Waals surface area contributed by atoms with Crippen LogP contribution in [-0.2, 0) is 16.6 Å². The number of nitriles is 1. The third-order valence-electron chi connectivity index (χ3n) is 6.51. The van der Waals surface area contributed by atoms with Gasteiger partial charge in [-0.25, -0.2) is 0 Å². The molecular weight excluding hydrogens is 454 g/mol. The second-order valence-corrected chi connectivity index (χ2v) is 8.81. The smallest absolute Gasteiger partial charge is 0.395 e. The number of benzene rings is 3. The van der Waals surface area contributed by atoms with Gasteiger partial charge in [0.2, 0.25) is 0 Å². The summed E-state index contributed by atoms with van der Waals surface area (Å²) in [5.74, 6) is -0.601. The predicted octanol–water partition coefficient (Wildman–Crippen LogP) is 5.04. The number of carbonyl (C=O) groups excluding carboxylic acids is 2. The fourth-order valence-corrected chi connectivity index (χ4v) is 4.50. The molecule has 0 saturated heterocycles. The van der Waals surface area contributed by atoms with Crippen molar-refractivity contribution in [3.05, 3.63) is 82.9 Å². The Labute approximate surface area is 200 Å². The van der Waals surface area contributed by atoms with Gasteiger partial charge in [0.15, 0.2) is 17.7 Å². The molecule has 176 valence electrons. The highest BCUT2D eigenvalue weighted by Crippen LogP contribution is 2.52. The third-order valence-corrected chi connectivity index (χ3v) is 6.51. The van der Waals surface area contributed by atoms with Gasteiger partial charge in [0.05, 0.1) is 5.41 Å². The van der Waals surface area contributed by atoms with Crippen LogP contribution in [0, 0.1) is 18.4 Å². The second kappa shape index (κ2) is 8.20. The lowest BCUT2D eigenvalue weighted by Gasteiger charge is -2.16. The van der Waals surface area contributed by atoms with Crippen molar-refractivity contribution in [1.82, 2.24) is 5.32 Å². The van der Waals surface area contributed by atoms with Crippen molar-refractivity contribution in [1.29, 1.82) is 5.26 Å². The Bertz CT molecular complexity index is 1410. The molecule has 6 nitrogen and oxygen atoms in total. The summed E-state index contributed by atoms with van der Waals surface area (Å²) in [6.45, 7) is 1.94. The first-order valence-electron chi connectivity index (χ1n) is 11.0. The highest BCUT2D eigenvalue weighted by Gasteiger charge is 2.52. The summed E-state index contributed by atoms with van der Waals surface area (Å²) in [4.78, 5) is 25.4. The van der Waals surface area contributed by atoms with Crippen LogP contribution >= 0.6 is 0 Å². The van der Waals surface area contributed by atoms with Gasteiger partial charge in [-0.2, -0.15) is 5.26 Å². The maximum Gasteiger partial charge on any atom is 0.586 e. The maximum atomic E-state index is 13.4. The molecule has 1 saturated carbocycles. The number of halogens is 2. The first kappa shape index (κ1) is 22.5. The van der Waals surface area contributed by atoms with Crippen molar-refractivity contribution in [3.63, 3.8) is 0 Å². The summed E-state index contributed by atoms with van der Waals surface area (Å²) >= 11 is 0. The van der Waals surface area contributed by atoms with E-state index in [1.54, 1.807) is 30.5 Å². The molecule has 1 fully saturated rings. The molecule has 0 aromatic heterocycles. The van der Waals surface area contributed by atoms with Crippen LogP contribution in [0.15, 0.2) is 60.7 Å². The lowest BCUT2D eigenvalue weighted by Crippen LogP contribution is -2.26. The number of Topliss-reactive ketones (excluding diaryl/α,β-unsaturated/α-hetero) is 1. The normalized spacial score (nSPS) is 16.3. The molecule has 35 heavy (non-hydrogen) atoms. The Morgan fingerprint density at radius 1 is 1.03 bits per heavy atom. The number of carbonyl (C=O) groups is 2. The molecule has 1 N–H and O–H groups in total. The summed E-state index contributed by atoms with van der Waals surface area (Å²) in [6.07, 6.45) is -0.628. The Morgan fingerprint density at radius 2 is 1.80 bits per heavy atom. The Balaban J connectivity index is 1.39. The van der Waals surface area contributed by atoms with Gasteiger partial charge in [0.1, 0.15) is 5.78 Å². The monoisotopic (exact) mass is 474 g/mol. The van der Waals surface area contributed by atoms with Crippen molar-refractivity contribution >= 4 is 11.7 Å². The van der Waals surface area contributed by atoms with Crippen LogP contribution < -0.4 is 14.8 Å². The van der Waals surface area contributed by atoms with Gasteiger partial charge in [-0.05, 0) is 71.8 Å². The number of amides is 1. The molecule has 1 aliphatic carbocycles. The molecule has 0 unspecified atom stereocenters. The van der Waals surface area contributed by atoms with E-state index in [4.69, 9.17) is 5.26 Å². The largest absolute Gasteiger partial charge is 0.586 e. The highest BCUT2D eigenvalue weighted by atomic mass is 19.3. The molecule has 5 rings (SSSR count). The summed E-state index contributed by atoms with van der Waals surface area (Å²) < 4.78 is 35.8. The Hall–Kier alpha value is -4.25. The SMILES string of the molecule is Cc1ccc(CC(=O)C2(c3ccc4c(c3)OC(F)(F)O4)CC2)cc1-c1cccc(C(=O)NC#N)c1. The molecule has 1 heterocycles. The number of hydrogen-bond acceptors (Lipinski definition) is 5. The number of alkyl halides is 2. The van der Waals surface area contributed by atoms with Gasteiger partial charge < -0.3 is 9.47 Å². The summed E-state index contributed by atoms with van der Waals surface area (Å²) in [7, 11) is 0. The number of aryl methyl sites for hydroxylation is 1. The van der Waals surface area contributed by atoms with Gasteiger partial charge in [-0.1, -0.05) is 36.4 Å². The quantitative estimate of drug-likeness (QED) is 0.400. The molecule has 3 aromatic rings. The summed E-state index contributed by atoms with van der Waals surface area (Å²) in [5, 5.41) is 10.8. The standard InChI is InChI=1S/C27H20F2N2O4/c1-16-5-6-17(11-21(16)18-3-2-4-19(13-18)25(33)31-15-30)12-24(32)26(9-10-26)20-7-8-22-23(14-20)35-27(28,29)34-22/h2-8,11,13-14H,9-10,12H2,1H3,(H,31,33). The number of ketones is 1. The maximum absolute atomic E-state index is 13.4. The molecule has 3 aromatic carbocycles. The third kappa shape index (κ3) is 4.21. The Kier molecular flexibility index (Phi) is 5.28. The van der Waals surface area contributed by atoms with E-state index in [2.05, 4.69) is 14.8 Å². The van der Waals surface area contributed by atoms with E-state index < -0.39 is 17.6 Å². The van der Waals surface area contributed by atoms with Crippen molar-refractivity contribution in [2.45, 2.75) is 37.9 Å². The average Bonchev–Trinajstić information content (AvgIpc) is 3.57. The lowest BCUT2D eigenvalue weighted by atomic mass is 9.86. The molecule has 8 heteroatoms. The fraction of sp³-hybridized carbons (Fsp3) is 0.222.